The summed E-state index contributed by atoms with van der Waals surface area (Å²) in [6, 6.07) is 0. The minimum atomic E-state index is 0.486. The van der Waals surface area contributed by atoms with E-state index in [2.05, 4.69) is 19.1 Å². The van der Waals surface area contributed by atoms with Crippen LogP contribution in [0.5, 0.6) is 0 Å². The van der Waals surface area contributed by atoms with E-state index in [9.17, 15) is 0 Å². The number of hydrogen-bond acceptors (Lipinski definition) is 2. The Balaban J connectivity index is 1.78. The molecule has 0 radical (unpaired) electrons. The van der Waals surface area contributed by atoms with Gasteiger partial charge in [0.2, 0.25) is 0 Å². The van der Waals surface area contributed by atoms with Gasteiger partial charge in [-0.05, 0) is 31.6 Å². The van der Waals surface area contributed by atoms with E-state index in [1.54, 1.807) is 0 Å². The molecule has 4 atom stereocenters. The number of fused-ring (bicyclic) bond motifs is 1. The van der Waals surface area contributed by atoms with Crippen LogP contribution in [0.3, 0.4) is 0 Å². The molecule has 2 heteroatoms. The first-order chi connectivity index (χ1) is 7.84. The van der Waals surface area contributed by atoms with Gasteiger partial charge in [0.15, 0.2) is 0 Å². The second kappa shape index (κ2) is 4.33. The van der Waals surface area contributed by atoms with Crippen LogP contribution in [-0.4, -0.2) is 25.0 Å². The zero-order valence-corrected chi connectivity index (χ0v) is 10.1. The predicted molar refractivity (Wildman–Crippen MR) is 65.8 cm³/mol. The second-order valence-corrected chi connectivity index (χ2v) is 5.45. The molecule has 2 nitrogen and oxygen atoms in total. The molecule has 0 amide bonds. The van der Waals surface area contributed by atoms with Crippen LogP contribution < -0.4 is 0 Å². The SMILES string of the molecule is CC1C=CC(C2=NCCC3OCCC23)CC1. The Labute approximate surface area is 97.8 Å². The van der Waals surface area contributed by atoms with Crippen LogP contribution in [0.2, 0.25) is 0 Å². The molecule has 3 rings (SSSR count). The van der Waals surface area contributed by atoms with Gasteiger partial charge in [0.05, 0.1) is 6.10 Å². The highest BCUT2D eigenvalue weighted by molar-refractivity contribution is 5.91. The number of ether oxygens (including phenoxy) is 1. The van der Waals surface area contributed by atoms with Crippen LogP contribution in [0.25, 0.3) is 0 Å². The zero-order chi connectivity index (χ0) is 11.0. The quantitative estimate of drug-likeness (QED) is 0.621. The zero-order valence-electron chi connectivity index (χ0n) is 10.1. The lowest BCUT2D eigenvalue weighted by Crippen LogP contribution is -2.34. The summed E-state index contributed by atoms with van der Waals surface area (Å²) in [5, 5.41) is 0. The Kier molecular flexibility index (Phi) is 2.84. The van der Waals surface area contributed by atoms with Gasteiger partial charge in [-0.15, -0.1) is 0 Å². The van der Waals surface area contributed by atoms with Crippen molar-refractivity contribution in [2.75, 3.05) is 13.2 Å². The van der Waals surface area contributed by atoms with E-state index in [4.69, 9.17) is 9.73 Å². The summed E-state index contributed by atoms with van der Waals surface area (Å²) < 4.78 is 5.79. The largest absolute Gasteiger partial charge is 0.377 e. The van der Waals surface area contributed by atoms with Gasteiger partial charge in [-0.25, -0.2) is 0 Å². The van der Waals surface area contributed by atoms with E-state index in [-0.39, 0.29) is 0 Å². The van der Waals surface area contributed by atoms with Crippen LogP contribution in [0.15, 0.2) is 17.1 Å². The summed E-state index contributed by atoms with van der Waals surface area (Å²) >= 11 is 0. The Morgan fingerprint density at radius 2 is 2.12 bits per heavy atom. The molecule has 4 unspecified atom stereocenters. The van der Waals surface area contributed by atoms with Crippen LogP contribution >= 0.6 is 0 Å². The van der Waals surface area contributed by atoms with Crippen LogP contribution in [0.1, 0.15) is 32.6 Å². The Morgan fingerprint density at radius 3 is 2.94 bits per heavy atom. The van der Waals surface area contributed by atoms with Crippen molar-refractivity contribution in [3.05, 3.63) is 12.2 Å². The van der Waals surface area contributed by atoms with Crippen molar-refractivity contribution in [1.82, 2.24) is 0 Å². The molecule has 0 N–H and O–H groups in total. The molecule has 0 saturated carbocycles. The lowest BCUT2D eigenvalue weighted by molar-refractivity contribution is 0.0931. The van der Waals surface area contributed by atoms with E-state index in [0.717, 1.165) is 25.5 Å². The van der Waals surface area contributed by atoms with Crippen molar-refractivity contribution >= 4 is 5.71 Å². The molecule has 0 aromatic carbocycles. The highest BCUT2D eigenvalue weighted by Crippen LogP contribution is 2.34. The fourth-order valence-corrected chi connectivity index (χ4v) is 3.31. The van der Waals surface area contributed by atoms with E-state index >= 15 is 0 Å². The topological polar surface area (TPSA) is 21.6 Å². The van der Waals surface area contributed by atoms with Gasteiger partial charge >= 0.3 is 0 Å². The van der Waals surface area contributed by atoms with Gasteiger partial charge < -0.3 is 4.74 Å². The molecule has 3 aliphatic rings. The van der Waals surface area contributed by atoms with Crippen molar-refractivity contribution in [2.24, 2.45) is 22.7 Å². The van der Waals surface area contributed by atoms with Crippen molar-refractivity contribution in [1.29, 1.82) is 0 Å². The summed E-state index contributed by atoms with van der Waals surface area (Å²) in [4.78, 5) is 4.81. The monoisotopic (exact) mass is 219 g/mol. The number of allylic oxidation sites excluding steroid dienone is 2. The molecule has 1 saturated heterocycles. The molecule has 0 spiro atoms. The fourth-order valence-electron chi connectivity index (χ4n) is 3.31. The maximum atomic E-state index is 5.79. The van der Waals surface area contributed by atoms with Crippen molar-refractivity contribution in [2.45, 2.75) is 38.7 Å². The van der Waals surface area contributed by atoms with Crippen LogP contribution in [0.4, 0.5) is 0 Å². The van der Waals surface area contributed by atoms with Gasteiger partial charge in [0.1, 0.15) is 0 Å². The summed E-state index contributed by atoms with van der Waals surface area (Å²) in [7, 11) is 0. The molecular weight excluding hydrogens is 198 g/mol. The van der Waals surface area contributed by atoms with Gasteiger partial charge in [0, 0.05) is 30.7 Å². The molecule has 0 aromatic heterocycles. The third-order valence-electron chi connectivity index (χ3n) is 4.28. The maximum absolute atomic E-state index is 5.79. The molecule has 0 bridgehead atoms. The molecule has 1 aliphatic carbocycles. The third kappa shape index (κ3) is 1.84. The Hall–Kier alpha value is -0.630. The second-order valence-electron chi connectivity index (χ2n) is 5.45. The average molecular weight is 219 g/mol. The highest BCUT2D eigenvalue weighted by atomic mass is 16.5. The molecule has 2 heterocycles. The first-order valence-corrected chi connectivity index (χ1v) is 6.69. The lowest BCUT2D eigenvalue weighted by Gasteiger charge is -2.31. The third-order valence-corrected chi connectivity index (χ3v) is 4.28. The van der Waals surface area contributed by atoms with E-state index in [1.165, 1.54) is 25.0 Å². The predicted octanol–water partition coefficient (Wildman–Crippen LogP) is 2.84. The standard InChI is InChI=1S/C14H21NO/c1-10-2-4-11(5-3-10)14-12-7-9-16-13(12)6-8-15-14/h2,4,10-13H,3,5-9H2,1H3. The molecule has 88 valence electrons. The smallest absolute Gasteiger partial charge is 0.0674 e. The summed E-state index contributed by atoms with van der Waals surface area (Å²) in [6.45, 7) is 4.23. The number of rotatable bonds is 1. The van der Waals surface area contributed by atoms with Crippen molar-refractivity contribution in [3.8, 4) is 0 Å². The molecule has 16 heavy (non-hydrogen) atoms. The van der Waals surface area contributed by atoms with Crippen LogP contribution in [0, 0.1) is 17.8 Å². The minimum Gasteiger partial charge on any atom is -0.377 e. The summed E-state index contributed by atoms with van der Waals surface area (Å²) in [6.07, 6.45) is 10.2. The molecule has 1 fully saturated rings. The molecular formula is C14H21NO. The van der Waals surface area contributed by atoms with Gasteiger partial charge in [0.25, 0.3) is 0 Å². The first kappa shape index (κ1) is 10.5. The maximum Gasteiger partial charge on any atom is 0.0674 e. The Morgan fingerprint density at radius 1 is 1.19 bits per heavy atom. The minimum absolute atomic E-state index is 0.486. The molecule has 2 aliphatic heterocycles. The summed E-state index contributed by atoms with van der Waals surface area (Å²) in [5.74, 6) is 2.01. The summed E-state index contributed by atoms with van der Waals surface area (Å²) in [5.41, 5.74) is 1.46. The molecule has 0 aromatic rings. The fraction of sp³-hybridized carbons (Fsp3) is 0.786. The number of nitrogens with zero attached hydrogens (tertiary/aromatic N) is 1. The highest BCUT2D eigenvalue weighted by Gasteiger charge is 2.37. The number of hydrogen-bond donors (Lipinski definition) is 0. The van der Waals surface area contributed by atoms with E-state index in [1.807, 2.05) is 0 Å². The first-order valence-electron chi connectivity index (χ1n) is 6.69. The van der Waals surface area contributed by atoms with Crippen LogP contribution in [-0.2, 0) is 4.74 Å². The lowest BCUT2D eigenvalue weighted by atomic mass is 9.78. The van der Waals surface area contributed by atoms with Gasteiger partial charge in [-0.2, -0.15) is 0 Å². The van der Waals surface area contributed by atoms with Crippen molar-refractivity contribution in [3.63, 3.8) is 0 Å². The van der Waals surface area contributed by atoms with Gasteiger partial charge in [-0.3, -0.25) is 4.99 Å². The average Bonchev–Trinajstić information content (AvgIpc) is 2.78. The van der Waals surface area contributed by atoms with E-state index < -0.39 is 0 Å². The van der Waals surface area contributed by atoms with Gasteiger partial charge in [-0.1, -0.05) is 19.1 Å². The van der Waals surface area contributed by atoms with E-state index in [0.29, 0.717) is 17.9 Å². The van der Waals surface area contributed by atoms with Crippen molar-refractivity contribution < 1.29 is 4.74 Å². The number of aliphatic imine (C=N–C) groups is 1. The Bertz CT molecular complexity index is 321. The normalized spacial score (nSPS) is 42.9.